The first-order chi connectivity index (χ1) is 13.9. The Balaban J connectivity index is 1.52. The molecule has 4 rings (SSSR count). The number of carbonyl (C=O) groups excluding carboxylic acids is 2. The van der Waals surface area contributed by atoms with E-state index in [0.29, 0.717) is 5.13 Å². The molecule has 150 valence electrons. The van der Waals surface area contributed by atoms with Gasteiger partial charge in [0, 0.05) is 24.0 Å². The first-order valence-electron chi connectivity index (χ1n) is 8.61. The van der Waals surface area contributed by atoms with Gasteiger partial charge in [-0.1, -0.05) is 12.1 Å². The maximum atomic E-state index is 12.8. The van der Waals surface area contributed by atoms with Crippen LogP contribution in [0.25, 0.3) is 10.6 Å². The average molecular weight is 449 g/mol. The number of nitrogens with one attached hydrogen (secondary N) is 2. The van der Waals surface area contributed by atoms with Crippen LogP contribution in [0.1, 0.15) is 10.4 Å². The van der Waals surface area contributed by atoms with Gasteiger partial charge in [-0.2, -0.15) is 4.31 Å². The van der Waals surface area contributed by atoms with Gasteiger partial charge in [0.05, 0.1) is 22.0 Å². The third kappa shape index (κ3) is 4.22. The van der Waals surface area contributed by atoms with Gasteiger partial charge in [0.2, 0.25) is 15.9 Å². The Hall–Kier alpha value is -2.60. The fourth-order valence-corrected chi connectivity index (χ4v) is 5.71. The topological polar surface area (TPSA) is 108 Å². The number of aromatic nitrogens is 1. The molecule has 2 N–H and O–H groups in total. The smallest absolute Gasteiger partial charge is 0.257 e. The molecule has 1 saturated heterocycles. The Labute approximate surface area is 175 Å². The van der Waals surface area contributed by atoms with Crippen molar-refractivity contribution in [2.24, 2.45) is 0 Å². The Morgan fingerprint density at radius 1 is 1.21 bits per heavy atom. The number of hydrogen-bond donors (Lipinski definition) is 2. The van der Waals surface area contributed by atoms with E-state index in [0.717, 1.165) is 14.9 Å². The summed E-state index contributed by atoms with van der Waals surface area (Å²) in [4.78, 5) is 29.5. The van der Waals surface area contributed by atoms with E-state index in [9.17, 15) is 18.0 Å². The lowest BCUT2D eigenvalue weighted by Crippen LogP contribution is -2.49. The molecule has 1 aliphatic rings. The summed E-state index contributed by atoms with van der Waals surface area (Å²) in [5, 5.41) is 9.53. The van der Waals surface area contributed by atoms with E-state index in [-0.39, 0.29) is 36.0 Å². The van der Waals surface area contributed by atoms with Gasteiger partial charge < -0.3 is 5.32 Å². The molecule has 1 aliphatic heterocycles. The van der Waals surface area contributed by atoms with E-state index >= 15 is 0 Å². The summed E-state index contributed by atoms with van der Waals surface area (Å²) in [6, 6.07) is 9.63. The first kappa shape index (κ1) is 19.7. The van der Waals surface area contributed by atoms with Gasteiger partial charge in [-0.3, -0.25) is 14.9 Å². The number of rotatable bonds is 5. The number of anilines is 1. The van der Waals surface area contributed by atoms with E-state index < -0.39 is 15.9 Å². The molecule has 0 aliphatic carbocycles. The van der Waals surface area contributed by atoms with Crippen molar-refractivity contribution in [2.75, 3.05) is 25.0 Å². The highest BCUT2D eigenvalue weighted by atomic mass is 32.2. The van der Waals surface area contributed by atoms with Crippen LogP contribution in [-0.2, 0) is 14.8 Å². The minimum atomic E-state index is -3.87. The molecule has 0 radical (unpaired) electrons. The highest BCUT2D eigenvalue weighted by molar-refractivity contribution is 7.89. The molecular weight excluding hydrogens is 432 g/mol. The number of thiazole rings is 1. The molecule has 1 aromatic carbocycles. The third-order valence-electron chi connectivity index (χ3n) is 4.24. The van der Waals surface area contributed by atoms with Gasteiger partial charge in [0.1, 0.15) is 0 Å². The molecule has 0 bridgehead atoms. The third-order valence-corrected chi connectivity index (χ3v) is 7.73. The molecule has 8 nitrogen and oxygen atoms in total. The van der Waals surface area contributed by atoms with Crippen molar-refractivity contribution in [3.05, 3.63) is 52.7 Å². The monoisotopic (exact) mass is 448 g/mol. The van der Waals surface area contributed by atoms with E-state index in [4.69, 9.17) is 0 Å². The molecule has 3 aromatic rings. The predicted octanol–water partition coefficient (Wildman–Crippen LogP) is 2.24. The number of amides is 2. The quantitative estimate of drug-likeness (QED) is 0.622. The zero-order valence-electron chi connectivity index (χ0n) is 15.0. The Morgan fingerprint density at radius 3 is 2.83 bits per heavy atom. The first-order valence-corrected chi connectivity index (χ1v) is 11.8. The number of hydrogen-bond acceptors (Lipinski definition) is 7. The zero-order valence-corrected chi connectivity index (χ0v) is 17.4. The minimum Gasteiger partial charge on any atom is -0.354 e. The second kappa shape index (κ2) is 8.03. The van der Waals surface area contributed by atoms with Crippen LogP contribution in [0.3, 0.4) is 0 Å². The lowest BCUT2D eigenvalue weighted by Gasteiger charge is -2.26. The summed E-state index contributed by atoms with van der Waals surface area (Å²) in [5.41, 5.74) is 0.973. The van der Waals surface area contributed by atoms with Crippen LogP contribution < -0.4 is 10.6 Å². The maximum Gasteiger partial charge on any atom is 0.257 e. The maximum absolute atomic E-state index is 12.8. The molecule has 3 heterocycles. The van der Waals surface area contributed by atoms with Gasteiger partial charge >= 0.3 is 0 Å². The van der Waals surface area contributed by atoms with Gasteiger partial charge in [-0.05, 0) is 29.6 Å². The summed E-state index contributed by atoms with van der Waals surface area (Å²) in [6.07, 6.45) is 0. The highest BCUT2D eigenvalue weighted by Gasteiger charge is 2.29. The number of carbonyl (C=O) groups is 2. The van der Waals surface area contributed by atoms with Gasteiger partial charge in [-0.25, -0.2) is 13.4 Å². The highest BCUT2D eigenvalue weighted by Crippen LogP contribution is 2.28. The Morgan fingerprint density at radius 2 is 2.07 bits per heavy atom. The Bertz CT molecular complexity index is 1160. The summed E-state index contributed by atoms with van der Waals surface area (Å²) < 4.78 is 26.7. The zero-order chi connectivity index (χ0) is 20.4. The lowest BCUT2D eigenvalue weighted by atomic mass is 10.2. The van der Waals surface area contributed by atoms with Crippen molar-refractivity contribution in [3.8, 4) is 10.6 Å². The molecule has 0 atom stereocenters. The Kier molecular flexibility index (Phi) is 5.46. The molecule has 1 fully saturated rings. The van der Waals surface area contributed by atoms with Crippen LogP contribution in [0.5, 0.6) is 0 Å². The van der Waals surface area contributed by atoms with Crippen molar-refractivity contribution in [1.82, 2.24) is 14.6 Å². The molecule has 0 spiro atoms. The van der Waals surface area contributed by atoms with E-state index in [1.807, 2.05) is 22.9 Å². The number of nitrogens with zero attached hydrogens (tertiary/aromatic N) is 2. The van der Waals surface area contributed by atoms with Crippen LogP contribution in [0.4, 0.5) is 5.13 Å². The minimum absolute atomic E-state index is 0.0294. The van der Waals surface area contributed by atoms with Crippen molar-refractivity contribution < 1.29 is 18.0 Å². The van der Waals surface area contributed by atoms with Crippen LogP contribution in [0.15, 0.2) is 52.1 Å². The van der Waals surface area contributed by atoms with Gasteiger partial charge in [0.25, 0.3) is 5.91 Å². The van der Waals surface area contributed by atoms with Crippen molar-refractivity contribution >= 4 is 49.6 Å². The largest absolute Gasteiger partial charge is 0.354 e. The number of thiophene rings is 1. The fourth-order valence-electron chi connectivity index (χ4n) is 2.81. The van der Waals surface area contributed by atoms with Crippen LogP contribution in [0.2, 0.25) is 0 Å². The van der Waals surface area contributed by atoms with Gasteiger partial charge in [0.15, 0.2) is 5.13 Å². The normalized spacial score (nSPS) is 15.1. The van der Waals surface area contributed by atoms with Crippen LogP contribution in [-0.4, -0.2) is 49.2 Å². The van der Waals surface area contributed by atoms with Crippen molar-refractivity contribution in [2.45, 2.75) is 4.90 Å². The molecule has 29 heavy (non-hydrogen) atoms. The standard InChI is InChI=1S/C18H16N4O4S3/c23-16-10-22(7-6-19-16)29(25,26)13-4-1-3-12(9-13)17(24)21-18-20-14(11-28-18)15-5-2-8-27-15/h1-5,8-9,11H,6-7,10H2,(H,19,23)(H,20,21,24). The number of benzene rings is 1. The summed E-state index contributed by atoms with van der Waals surface area (Å²) in [6.45, 7) is 0.216. The molecule has 11 heteroatoms. The number of piperazine rings is 1. The van der Waals surface area contributed by atoms with E-state index in [1.54, 1.807) is 11.3 Å². The van der Waals surface area contributed by atoms with Crippen molar-refractivity contribution in [3.63, 3.8) is 0 Å². The average Bonchev–Trinajstić information content (AvgIpc) is 3.40. The molecule has 2 amide bonds. The van der Waals surface area contributed by atoms with Crippen molar-refractivity contribution in [1.29, 1.82) is 0 Å². The molecule has 0 saturated carbocycles. The summed E-state index contributed by atoms with van der Waals surface area (Å²) in [5.74, 6) is -0.801. The summed E-state index contributed by atoms with van der Waals surface area (Å²) in [7, 11) is -3.87. The molecule has 0 unspecified atom stereocenters. The lowest BCUT2D eigenvalue weighted by molar-refractivity contribution is -0.122. The second-order valence-corrected chi connectivity index (χ2v) is 9.93. The van der Waals surface area contributed by atoms with Crippen LogP contribution in [0, 0.1) is 0 Å². The SMILES string of the molecule is O=C1CN(S(=O)(=O)c2cccc(C(=O)Nc3nc(-c4cccs4)cs3)c2)CCN1. The van der Waals surface area contributed by atoms with E-state index in [2.05, 4.69) is 15.6 Å². The fraction of sp³-hybridized carbons (Fsp3) is 0.167. The van der Waals surface area contributed by atoms with Crippen LogP contribution >= 0.6 is 22.7 Å². The second-order valence-electron chi connectivity index (χ2n) is 6.19. The van der Waals surface area contributed by atoms with Gasteiger partial charge in [-0.15, -0.1) is 22.7 Å². The predicted molar refractivity (Wildman–Crippen MR) is 112 cm³/mol. The number of sulfonamides is 1. The summed E-state index contributed by atoms with van der Waals surface area (Å²) >= 11 is 2.85. The molecular formula is C18H16N4O4S3. The molecule has 2 aromatic heterocycles. The van der Waals surface area contributed by atoms with E-state index in [1.165, 1.54) is 35.6 Å².